The molecule has 0 aromatic rings. The summed E-state index contributed by atoms with van der Waals surface area (Å²) in [6.45, 7) is 2.83. The number of likely N-dealkylation sites (tertiary alicyclic amines) is 1. The Bertz CT molecular complexity index is 245. The number of hydrogen-bond acceptors (Lipinski definition) is 3. The Labute approximate surface area is 96.0 Å². The molecule has 0 aromatic heterocycles. The summed E-state index contributed by atoms with van der Waals surface area (Å²) in [5, 5.41) is 0. The van der Waals surface area contributed by atoms with Gasteiger partial charge in [-0.2, -0.15) is 0 Å². The van der Waals surface area contributed by atoms with E-state index >= 15 is 0 Å². The van der Waals surface area contributed by atoms with Crippen LogP contribution in [-0.2, 0) is 4.79 Å². The minimum Gasteiger partial charge on any atom is -0.393 e. The number of primary amides is 1. The van der Waals surface area contributed by atoms with Gasteiger partial charge in [0.1, 0.15) is 0 Å². The van der Waals surface area contributed by atoms with Gasteiger partial charge < -0.3 is 16.4 Å². The van der Waals surface area contributed by atoms with E-state index in [1.807, 2.05) is 0 Å². The van der Waals surface area contributed by atoms with Crippen LogP contribution >= 0.6 is 12.2 Å². The summed E-state index contributed by atoms with van der Waals surface area (Å²) in [6, 6.07) is 0. The minimum atomic E-state index is -0.166. The van der Waals surface area contributed by atoms with Crippen LogP contribution in [0.2, 0.25) is 0 Å². The second-order valence-electron chi connectivity index (χ2n) is 4.11. The zero-order chi connectivity index (χ0) is 11.3. The van der Waals surface area contributed by atoms with Crippen molar-refractivity contribution in [1.29, 1.82) is 0 Å². The maximum Gasteiger partial charge on any atom is 0.221 e. The average molecular weight is 229 g/mol. The van der Waals surface area contributed by atoms with E-state index in [0.29, 0.717) is 4.99 Å². The summed E-state index contributed by atoms with van der Waals surface area (Å²) in [4.78, 5) is 13.8. The molecule has 1 atom stereocenters. The highest BCUT2D eigenvalue weighted by molar-refractivity contribution is 7.80. The zero-order valence-corrected chi connectivity index (χ0v) is 9.76. The average Bonchev–Trinajstić information content (AvgIpc) is 2.60. The number of nitrogens with zero attached hydrogens (tertiary/aromatic N) is 1. The van der Waals surface area contributed by atoms with Crippen LogP contribution in [0.4, 0.5) is 0 Å². The third kappa shape index (κ3) is 4.57. The van der Waals surface area contributed by atoms with E-state index in [4.69, 9.17) is 23.7 Å². The molecule has 1 saturated heterocycles. The Balaban J connectivity index is 2.09. The van der Waals surface area contributed by atoms with Gasteiger partial charge in [0.25, 0.3) is 0 Å². The molecule has 4 nitrogen and oxygen atoms in total. The number of unbranched alkanes of at least 4 members (excludes halogenated alkanes) is 1. The van der Waals surface area contributed by atoms with Gasteiger partial charge in [-0.25, -0.2) is 0 Å². The molecule has 5 heteroatoms. The normalized spacial score (nSPS) is 21.7. The third-order valence-electron chi connectivity index (χ3n) is 2.82. The van der Waals surface area contributed by atoms with Crippen LogP contribution in [0.1, 0.15) is 25.7 Å². The number of rotatable bonds is 6. The first-order valence-electron chi connectivity index (χ1n) is 5.39. The quantitative estimate of drug-likeness (QED) is 0.506. The number of thiocarbonyl (C=S) groups is 1. The van der Waals surface area contributed by atoms with Gasteiger partial charge in [-0.05, 0) is 38.8 Å². The second kappa shape index (κ2) is 6.02. The van der Waals surface area contributed by atoms with Crippen molar-refractivity contribution in [2.24, 2.45) is 17.4 Å². The maximum absolute atomic E-state index is 10.9. The Morgan fingerprint density at radius 2 is 2.13 bits per heavy atom. The van der Waals surface area contributed by atoms with Gasteiger partial charge in [0, 0.05) is 6.54 Å². The molecule has 1 fully saturated rings. The summed E-state index contributed by atoms with van der Waals surface area (Å²) in [5.41, 5.74) is 10.7. The maximum atomic E-state index is 10.9. The van der Waals surface area contributed by atoms with E-state index in [2.05, 4.69) is 4.90 Å². The Hall–Kier alpha value is -0.680. The molecule has 1 aliphatic rings. The fourth-order valence-electron chi connectivity index (χ4n) is 1.90. The van der Waals surface area contributed by atoms with Crippen molar-refractivity contribution in [3.05, 3.63) is 0 Å². The summed E-state index contributed by atoms with van der Waals surface area (Å²) < 4.78 is 0. The zero-order valence-electron chi connectivity index (χ0n) is 8.95. The number of carbonyl (C=O) groups excluding carboxylic acids is 1. The lowest BCUT2D eigenvalue weighted by atomic mass is 10.1. The second-order valence-corrected chi connectivity index (χ2v) is 4.64. The van der Waals surface area contributed by atoms with Crippen LogP contribution in [-0.4, -0.2) is 35.4 Å². The predicted octanol–water partition coefficient (Wildman–Crippen LogP) is 0.250. The van der Waals surface area contributed by atoms with Crippen molar-refractivity contribution in [3.63, 3.8) is 0 Å². The number of hydrogen-bond donors (Lipinski definition) is 2. The van der Waals surface area contributed by atoms with Crippen LogP contribution < -0.4 is 11.5 Å². The highest BCUT2D eigenvalue weighted by Gasteiger charge is 2.25. The molecule has 0 spiro atoms. The molecule has 86 valence electrons. The summed E-state index contributed by atoms with van der Waals surface area (Å²) in [7, 11) is 0. The largest absolute Gasteiger partial charge is 0.393 e. The Morgan fingerprint density at radius 3 is 2.67 bits per heavy atom. The molecule has 0 aromatic carbocycles. The van der Waals surface area contributed by atoms with Gasteiger partial charge in [-0.1, -0.05) is 12.2 Å². The Morgan fingerprint density at radius 1 is 1.40 bits per heavy atom. The monoisotopic (exact) mass is 229 g/mol. The standard InChI is InChI=1S/C10H19N3OS/c11-9(15)3-1-2-5-13-6-4-8(7-13)10(12)14/h8H,1-7H2,(H2,11,15)(H2,12,14). The highest BCUT2D eigenvalue weighted by atomic mass is 32.1. The fraction of sp³-hybridized carbons (Fsp3) is 0.800. The van der Waals surface area contributed by atoms with Gasteiger partial charge in [0.05, 0.1) is 10.9 Å². The minimum absolute atomic E-state index is 0.0561. The molecule has 0 aliphatic carbocycles. The lowest BCUT2D eigenvalue weighted by Gasteiger charge is -2.14. The predicted molar refractivity (Wildman–Crippen MR) is 64.4 cm³/mol. The summed E-state index contributed by atoms with van der Waals surface area (Å²) >= 11 is 4.80. The Kier molecular flexibility index (Phi) is 4.98. The number of amides is 1. The lowest BCUT2D eigenvalue weighted by Crippen LogP contribution is -2.28. The smallest absolute Gasteiger partial charge is 0.221 e. The number of carbonyl (C=O) groups is 1. The molecule has 0 bridgehead atoms. The van der Waals surface area contributed by atoms with Gasteiger partial charge >= 0.3 is 0 Å². The molecule has 1 rings (SSSR count). The van der Waals surface area contributed by atoms with Gasteiger partial charge in [0.15, 0.2) is 0 Å². The van der Waals surface area contributed by atoms with Gasteiger partial charge in [-0.3, -0.25) is 4.79 Å². The molecule has 1 heterocycles. The van der Waals surface area contributed by atoms with E-state index in [9.17, 15) is 4.79 Å². The SMILES string of the molecule is NC(=O)C1CCN(CCCCC(N)=S)C1. The van der Waals surface area contributed by atoms with Crippen molar-refractivity contribution in [1.82, 2.24) is 4.90 Å². The van der Waals surface area contributed by atoms with Crippen molar-refractivity contribution in [3.8, 4) is 0 Å². The molecule has 1 amide bonds. The van der Waals surface area contributed by atoms with Crippen molar-refractivity contribution in [2.75, 3.05) is 19.6 Å². The molecule has 1 aliphatic heterocycles. The third-order valence-corrected chi connectivity index (χ3v) is 3.03. The van der Waals surface area contributed by atoms with Gasteiger partial charge in [0.2, 0.25) is 5.91 Å². The molecule has 1 unspecified atom stereocenters. The van der Waals surface area contributed by atoms with Crippen LogP contribution in [0.15, 0.2) is 0 Å². The van der Waals surface area contributed by atoms with Crippen LogP contribution in [0.3, 0.4) is 0 Å². The van der Waals surface area contributed by atoms with E-state index in [0.717, 1.165) is 45.3 Å². The summed E-state index contributed by atoms with van der Waals surface area (Å²) in [6.07, 6.45) is 3.85. The molecule has 4 N–H and O–H groups in total. The topological polar surface area (TPSA) is 72.4 Å². The molecule has 15 heavy (non-hydrogen) atoms. The first-order chi connectivity index (χ1) is 7.09. The first kappa shape index (κ1) is 12.4. The van der Waals surface area contributed by atoms with E-state index in [1.165, 1.54) is 0 Å². The van der Waals surface area contributed by atoms with Crippen molar-refractivity contribution >= 4 is 23.1 Å². The van der Waals surface area contributed by atoms with E-state index in [-0.39, 0.29) is 11.8 Å². The number of nitrogens with two attached hydrogens (primary N) is 2. The lowest BCUT2D eigenvalue weighted by molar-refractivity contribution is -0.121. The van der Waals surface area contributed by atoms with Crippen LogP contribution in [0, 0.1) is 5.92 Å². The molecular formula is C10H19N3OS. The first-order valence-corrected chi connectivity index (χ1v) is 5.80. The van der Waals surface area contributed by atoms with E-state index in [1.54, 1.807) is 0 Å². The van der Waals surface area contributed by atoms with Crippen molar-refractivity contribution < 1.29 is 4.79 Å². The fourth-order valence-corrected chi connectivity index (χ4v) is 2.05. The van der Waals surface area contributed by atoms with Crippen LogP contribution in [0.25, 0.3) is 0 Å². The van der Waals surface area contributed by atoms with Gasteiger partial charge in [-0.15, -0.1) is 0 Å². The van der Waals surface area contributed by atoms with E-state index < -0.39 is 0 Å². The molecular weight excluding hydrogens is 210 g/mol. The van der Waals surface area contributed by atoms with Crippen LogP contribution in [0.5, 0.6) is 0 Å². The molecule has 0 radical (unpaired) electrons. The highest BCUT2D eigenvalue weighted by Crippen LogP contribution is 2.16. The van der Waals surface area contributed by atoms with Crippen molar-refractivity contribution in [2.45, 2.75) is 25.7 Å². The summed E-state index contributed by atoms with van der Waals surface area (Å²) in [5.74, 6) is -0.110. The molecule has 0 saturated carbocycles.